The van der Waals surface area contributed by atoms with Crippen LogP contribution in [0.1, 0.15) is 23.6 Å². The van der Waals surface area contributed by atoms with E-state index in [4.69, 9.17) is 0 Å². The molecule has 0 spiro atoms. The van der Waals surface area contributed by atoms with Crippen molar-refractivity contribution in [3.63, 3.8) is 0 Å². The maximum atomic E-state index is 13.2. The molecule has 1 amide bonds. The first-order valence-corrected chi connectivity index (χ1v) is 9.66. The summed E-state index contributed by atoms with van der Waals surface area (Å²) in [5.41, 5.74) is 2.36. The first kappa shape index (κ1) is 19.1. The summed E-state index contributed by atoms with van der Waals surface area (Å²) in [6.07, 6.45) is 0. The Morgan fingerprint density at radius 1 is 1.08 bits per heavy atom. The van der Waals surface area contributed by atoms with Gasteiger partial charge < -0.3 is 5.32 Å². The fourth-order valence-corrected chi connectivity index (χ4v) is 4.24. The van der Waals surface area contributed by atoms with E-state index in [9.17, 15) is 13.2 Å². The highest BCUT2D eigenvalue weighted by Gasteiger charge is 2.28. The fraction of sp³-hybridized carbons (Fsp3) is 0.316. The molecule has 0 aliphatic rings. The number of carbonyl (C=O) groups excluding carboxylic acids is 1. The number of amides is 1. The second-order valence-electron chi connectivity index (χ2n) is 5.98. The second kappa shape index (κ2) is 8.27. The van der Waals surface area contributed by atoms with Gasteiger partial charge in [-0.15, -0.1) is 0 Å². The number of nitrogens with one attached hydrogen (secondary N) is 1. The van der Waals surface area contributed by atoms with E-state index in [0.717, 1.165) is 11.1 Å². The lowest BCUT2D eigenvalue weighted by molar-refractivity contribution is -0.121. The molecule has 134 valence electrons. The first-order chi connectivity index (χ1) is 11.8. The SMILES string of the molecule is CCNC(=O)CN(Cc1ccccc1)S(=O)(=O)c1cc(C)ccc1C. The van der Waals surface area contributed by atoms with Crippen LogP contribution in [0.3, 0.4) is 0 Å². The summed E-state index contributed by atoms with van der Waals surface area (Å²) in [5, 5.41) is 2.67. The molecular formula is C19H24N2O3S. The Morgan fingerprint density at radius 2 is 1.76 bits per heavy atom. The molecule has 0 aliphatic heterocycles. The van der Waals surface area contributed by atoms with Crippen LogP contribution in [0.5, 0.6) is 0 Å². The molecule has 0 aliphatic carbocycles. The van der Waals surface area contributed by atoms with Crippen molar-refractivity contribution in [2.45, 2.75) is 32.2 Å². The van der Waals surface area contributed by atoms with Gasteiger partial charge in [-0.3, -0.25) is 4.79 Å². The van der Waals surface area contributed by atoms with E-state index in [2.05, 4.69) is 5.32 Å². The Labute approximate surface area is 149 Å². The van der Waals surface area contributed by atoms with Crippen molar-refractivity contribution in [1.29, 1.82) is 0 Å². The van der Waals surface area contributed by atoms with E-state index in [1.54, 1.807) is 26.0 Å². The van der Waals surface area contributed by atoms with E-state index in [0.29, 0.717) is 12.1 Å². The summed E-state index contributed by atoms with van der Waals surface area (Å²) in [6, 6.07) is 14.6. The molecule has 2 rings (SSSR count). The van der Waals surface area contributed by atoms with Crippen molar-refractivity contribution in [3.05, 3.63) is 65.2 Å². The molecule has 5 nitrogen and oxygen atoms in total. The van der Waals surface area contributed by atoms with Crippen LogP contribution in [0, 0.1) is 13.8 Å². The molecule has 2 aromatic rings. The number of sulfonamides is 1. The highest BCUT2D eigenvalue weighted by molar-refractivity contribution is 7.89. The van der Waals surface area contributed by atoms with Crippen LogP contribution in [-0.2, 0) is 21.4 Å². The molecule has 1 N–H and O–H groups in total. The Kier molecular flexibility index (Phi) is 6.33. The van der Waals surface area contributed by atoms with Crippen LogP contribution >= 0.6 is 0 Å². The molecule has 6 heteroatoms. The van der Waals surface area contributed by atoms with Gasteiger partial charge in [0.1, 0.15) is 0 Å². The van der Waals surface area contributed by atoms with Gasteiger partial charge in [-0.05, 0) is 43.5 Å². The Morgan fingerprint density at radius 3 is 2.40 bits per heavy atom. The van der Waals surface area contributed by atoms with Gasteiger partial charge in [-0.2, -0.15) is 4.31 Å². The standard InChI is InChI=1S/C19H24N2O3S/c1-4-20-19(22)14-21(13-17-8-6-5-7-9-17)25(23,24)18-12-15(2)10-11-16(18)3/h5-12H,4,13-14H2,1-3H3,(H,20,22). The van der Waals surface area contributed by atoms with Gasteiger partial charge in [0.05, 0.1) is 11.4 Å². The maximum Gasteiger partial charge on any atom is 0.244 e. The first-order valence-electron chi connectivity index (χ1n) is 8.22. The summed E-state index contributed by atoms with van der Waals surface area (Å²) < 4.78 is 27.6. The minimum atomic E-state index is -3.79. The highest BCUT2D eigenvalue weighted by atomic mass is 32.2. The van der Waals surface area contributed by atoms with Crippen molar-refractivity contribution >= 4 is 15.9 Å². The summed E-state index contributed by atoms with van der Waals surface area (Å²) in [7, 11) is -3.79. The zero-order valence-corrected chi connectivity index (χ0v) is 15.6. The van der Waals surface area contributed by atoms with Crippen LogP contribution in [0.4, 0.5) is 0 Å². The third-order valence-corrected chi connectivity index (χ3v) is 5.79. The molecule has 0 radical (unpaired) electrons. The lowest BCUT2D eigenvalue weighted by Crippen LogP contribution is -2.40. The average Bonchev–Trinajstić information content (AvgIpc) is 2.57. The van der Waals surface area contributed by atoms with Crippen LogP contribution < -0.4 is 5.32 Å². The van der Waals surface area contributed by atoms with Crippen molar-refractivity contribution in [1.82, 2.24) is 9.62 Å². The normalized spacial score (nSPS) is 11.5. The molecule has 0 fully saturated rings. The predicted molar refractivity (Wildman–Crippen MR) is 98.6 cm³/mol. The molecular weight excluding hydrogens is 336 g/mol. The fourth-order valence-electron chi connectivity index (χ4n) is 2.55. The molecule has 25 heavy (non-hydrogen) atoms. The number of hydrogen-bond donors (Lipinski definition) is 1. The second-order valence-corrected chi connectivity index (χ2v) is 7.89. The molecule has 0 atom stereocenters. The molecule has 0 heterocycles. The minimum Gasteiger partial charge on any atom is -0.355 e. The van der Waals surface area contributed by atoms with E-state index in [-0.39, 0.29) is 23.9 Å². The Balaban J connectivity index is 2.41. The minimum absolute atomic E-state index is 0.147. The third-order valence-electron chi connectivity index (χ3n) is 3.86. The number of likely N-dealkylation sites (N-methyl/N-ethyl adjacent to an activating group) is 1. The zero-order chi connectivity index (χ0) is 18.4. The lowest BCUT2D eigenvalue weighted by Gasteiger charge is -2.23. The van der Waals surface area contributed by atoms with Gasteiger partial charge in [0.2, 0.25) is 15.9 Å². The van der Waals surface area contributed by atoms with E-state index in [1.807, 2.05) is 43.3 Å². The monoisotopic (exact) mass is 360 g/mol. The van der Waals surface area contributed by atoms with Gasteiger partial charge in [-0.1, -0.05) is 42.5 Å². The molecule has 0 saturated carbocycles. The van der Waals surface area contributed by atoms with Crippen LogP contribution in [0.15, 0.2) is 53.4 Å². The number of rotatable bonds is 7. The molecule has 0 aromatic heterocycles. The van der Waals surface area contributed by atoms with Gasteiger partial charge in [0, 0.05) is 13.1 Å². The molecule has 0 bridgehead atoms. The van der Waals surface area contributed by atoms with E-state index in [1.165, 1.54) is 4.31 Å². The number of carbonyl (C=O) groups is 1. The predicted octanol–water partition coefficient (Wildman–Crippen LogP) is 2.63. The summed E-state index contributed by atoms with van der Waals surface area (Å²) >= 11 is 0. The zero-order valence-electron chi connectivity index (χ0n) is 14.8. The van der Waals surface area contributed by atoms with Crippen LogP contribution in [0.25, 0.3) is 0 Å². The van der Waals surface area contributed by atoms with E-state index < -0.39 is 10.0 Å². The number of hydrogen-bond acceptors (Lipinski definition) is 3. The van der Waals surface area contributed by atoms with Crippen LogP contribution in [0.2, 0.25) is 0 Å². The Bertz CT molecular complexity index is 833. The quantitative estimate of drug-likeness (QED) is 0.825. The highest BCUT2D eigenvalue weighted by Crippen LogP contribution is 2.22. The van der Waals surface area contributed by atoms with Gasteiger partial charge in [0.25, 0.3) is 0 Å². The smallest absolute Gasteiger partial charge is 0.244 e. The average molecular weight is 360 g/mol. The van der Waals surface area contributed by atoms with Crippen molar-refractivity contribution in [2.75, 3.05) is 13.1 Å². The summed E-state index contributed by atoms with van der Waals surface area (Å²) in [6.45, 7) is 5.81. The summed E-state index contributed by atoms with van der Waals surface area (Å²) in [5.74, 6) is -0.313. The molecule has 0 unspecified atom stereocenters. The number of benzene rings is 2. The lowest BCUT2D eigenvalue weighted by atomic mass is 10.2. The Hall–Kier alpha value is -2.18. The summed E-state index contributed by atoms with van der Waals surface area (Å²) in [4.78, 5) is 12.3. The molecule has 2 aromatic carbocycles. The third kappa shape index (κ3) is 4.90. The largest absolute Gasteiger partial charge is 0.355 e. The van der Waals surface area contributed by atoms with Gasteiger partial charge in [-0.25, -0.2) is 8.42 Å². The van der Waals surface area contributed by atoms with Crippen molar-refractivity contribution in [3.8, 4) is 0 Å². The maximum absolute atomic E-state index is 13.2. The number of aryl methyl sites for hydroxylation is 2. The van der Waals surface area contributed by atoms with E-state index >= 15 is 0 Å². The van der Waals surface area contributed by atoms with Crippen molar-refractivity contribution < 1.29 is 13.2 Å². The van der Waals surface area contributed by atoms with Crippen molar-refractivity contribution in [2.24, 2.45) is 0 Å². The number of nitrogens with zero attached hydrogens (tertiary/aromatic N) is 1. The molecule has 0 saturated heterocycles. The van der Waals surface area contributed by atoms with Gasteiger partial charge >= 0.3 is 0 Å². The topological polar surface area (TPSA) is 66.5 Å². The van der Waals surface area contributed by atoms with Crippen LogP contribution in [-0.4, -0.2) is 31.7 Å². The van der Waals surface area contributed by atoms with Gasteiger partial charge in [0.15, 0.2) is 0 Å².